The van der Waals surface area contributed by atoms with Gasteiger partial charge in [-0.1, -0.05) is 11.3 Å². The van der Waals surface area contributed by atoms with Crippen molar-refractivity contribution < 1.29 is 23.9 Å². The second kappa shape index (κ2) is 9.92. The normalized spacial score (nSPS) is 18.7. The Morgan fingerprint density at radius 2 is 2.03 bits per heavy atom. The minimum absolute atomic E-state index is 0.0554. The van der Waals surface area contributed by atoms with Crippen molar-refractivity contribution in [2.24, 2.45) is 0 Å². The number of anilines is 1. The summed E-state index contributed by atoms with van der Waals surface area (Å²) < 4.78 is 6.10. The maximum absolute atomic E-state index is 12.9. The lowest BCUT2D eigenvalue weighted by atomic mass is 10.1. The highest BCUT2D eigenvalue weighted by Crippen LogP contribution is 2.29. The number of benzene rings is 1. The van der Waals surface area contributed by atoms with Crippen molar-refractivity contribution in [3.05, 3.63) is 45.2 Å². The van der Waals surface area contributed by atoms with Gasteiger partial charge < -0.3 is 25.2 Å². The molecule has 2 fully saturated rings. The first-order valence-electron chi connectivity index (χ1n) is 10.5. The van der Waals surface area contributed by atoms with Crippen LogP contribution in [0.25, 0.3) is 0 Å². The second-order valence-corrected chi connectivity index (χ2v) is 10.3. The van der Waals surface area contributed by atoms with Crippen LogP contribution in [0.2, 0.25) is 0 Å². The molecule has 1 aromatic heterocycles. The van der Waals surface area contributed by atoms with Crippen molar-refractivity contribution in [1.29, 1.82) is 0 Å². The lowest BCUT2D eigenvalue weighted by Crippen LogP contribution is -2.38. The van der Waals surface area contributed by atoms with E-state index in [0.29, 0.717) is 42.5 Å². The number of hydrogen-bond donors (Lipinski definition) is 2. The Morgan fingerprint density at radius 1 is 1.21 bits per heavy atom. The minimum atomic E-state index is -0.605. The van der Waals surface area contributed by atoms with Crippen LogP contribution >= 0.6 is 27.3 Å². The van der Waals surface area contributed by atoms with Crippen LogP contribution in [-0.2, 0) is 9.59 Å². The predicted octanol–water partition coefficient (Wildman–Crippen LogP) is 2.68. The number of nitrogens with zero attached hydrogens (tertiary/aromatic N) is 2. The monoisotopic (exact) mass is 534 g/mol. The molecule has 2 aliphatic heterocycles. The summed E-state index contributed by atoms with van der Waals surface area (Å²) in [6.45, 7) is 3.41. The first kappa shape index (κ1) is 23.2. The molecule has 0 saturated carbocycles. The van der Waals surface area contributed by atoms with Gasteiger partial charge in [0.15, 0.2) is 5.06 Å². The van der Waals surface area contributed by atoms with Gasteiger partial charge in [0.05, 0.1) is 9.83 Å². The molecule has 0 aliphatic carbocycles. The number of amides is 4. The molecule has 2 saturated heterocycles. The largest absolute Gasteiger partial charge is 0.413 e. The zero-order valence-corrected chi connectivity index (χ0v) is 20.3. The van der Waals surface area contributed by atoms with Crippen molar-refractivity contribution in [3.8, 4) is 5.06 Å². The Morgan fingerprint density at radius 3 is 2.76 bits per heavy atom. The number of nitrogens with one attached hydrogen (secondary N) is 2. The van der Waals surface area contributed by atoms with Crippen LogP contribution in [0, 0.1) is 6.92 Å². The fourth-order valence-corrected chi connectivity index (χ4v) is 5.08. The first-order valence-corrected chi connectivity index (χ1v) is 12.1. The third-order valence-corrected chi connectivity index (χ3v) is 7.04. The molecule has 33 heavy (non-hydrogen) atoms. The fraction of sp³-hybridized carbons (Fsp3) is 0.364. The van der Waals surface area contributed by atoms with E-state index >= 15 is 0 Å². The van der Waals surface area contributed by atoms with Crippen LogP contribution in [-0.4, -0.2) is 60.9 Å². The maximum atomic E-state index is 12.9. The molecule has 0 spiro atoms. The number of halogens is 1. The lowest BCUT2D eigenvalue weighted by Gasteiger charge is -2.22. The van der Waals surface area contributed by atoms with E-state index in [4.69, 9.17) is 4.74 Å². The first-order chi connectivity index (χ1) is 15.8. The number of aryl methyl sites for hydroxylation is 1. The van der Waals surface area contributed by atoms with Crippen LogP contribution in [0.5, 0.6) is 5.06 Å². The van der Waals surface area contributed by atoms with E-state index in [2.05, 4.69) is 26.6 Å². The van der Waals surface area contributed by atoms with Gasteiger partial charge in [0.2, 0.25) is 11.8 Å². The van der Waals surface area contributed by atoms with Crippen molar-refractivity contribution in [2.45, 2.75) is 25.8 Å². The van der Waals surface area contributed by atoms with E-state index < -0.39 is 6.09 Å². The zero-order valence-electron chi connectivity index (χ0n) is 17.9. The zero-order chi connectivity index (χ0) is 23.5. The Bertz CT molecular complexity index is 1100. The Balaban J connectivity index is 1.39. The summed E-state index contributed by atoms with van der Waals surface area (Å²) in [5.41, 5.74) is 1.95. The Hall–Kier alpha value is -2.92. The van der Waals surface area contributed by atoms with E-state index in [1.165, 1.54) is 11.3 Å². The molecular formula is C22H23BrN4O5S. The third kappa shape index (κ3) is 5.53. The molecule has 11 heteroatoms. The van der Waals surface area contributed by atoms with Crippen LogP contribution < -0.4 is 20.3 Å². The van der Waals surface area contributed by atoms with E-state index in [1.807, 2.05) is 6.92 Å². The summed E-state index contributed by atoms with van der Waals surface area (Å²) in [5, 5.41) is 5.96. The SMILES string of the molecule is Cc1cc(N2CC(NC(=O)Oc3ccc(Br)s3)CC2=O)ccc1C(=O)N1CCNC(=O)CC1. The number of hydrogen-bond acceptors (Lipinski definition) is 6. The number of thiophene rings is 1. The van der Waals surface area contributed by atoms with E-state index in [9.17, 15) is 19.2 Å². The van der Waals surface area contributed by atoms with Gasteiger partial charge in [-0.2, -0.15) is 0 Å². The quantitative estimate of drug-likeness (QED) is 0.626. The average Bonchev–Trinajstić information content (AvgIpc) is 3.26. The number of carbonyl (C=O) groups excluding carboxylic acids is 4. The summed E-state index contributed by atoms with van der Waals surface area (Å²) in [5.74, 6) is -0.305. The fourth-order valence-electron chi connectivity index (χ4n) is 3.89. The summed E-state index contributed by atoms with van der Waals surface area (Å²) in [4.78, 5) is 52.5. The molecule has 9 nitrogen and oxygen atoms in total. The molecule has 3 heterocycles. The molecule has 1 unspecified atom stereocenters. The molecular weight excluding hydrogens is 512 g/mol. The minimum Gasteiger partial charge on any atom is -0.399 e. The van der Waals surface area contributed by atoms with Gasteiger partial charge in [0.25, 0.3) is 5.91 Å². The van der Waals surface area contributed by atoms with Gasteiger partial charge in [0, 0.05) is 50.3 Å². The highest BCUT2D eigenvalue weighted by atomic mass is 79.9. The summed E-state index contributed by atoms with van der Waals surface area (Å²) in [6, 6.07) is 8.35. The van der Waals surface area contributed by atoms with Crippen LogP contribution in [0.1, 0.15) is 28.8 Å². The van der Waals surface area contributed by atoms with Gasteiger partial charge in [0.1, 0.15) is 0 Å². The Kier molecular flexibility index (Phi) is 6.99. The molecule has 4 amide bonds. The standard InChI is InChI=1S/C22H23BrN4O5S/c1-13-10-15(2-3-16(13)21(30)26-8-6-18(28)24-7-9-26)27-12-14(11-19(27)29)25-22(31)32-20-5-4-17(23)33-20/h2-5,10,14H,6-9,11-12H2,1H3,(H,24,28)(H,25,31). The molecule has 2 aromatic rings. The highest BCUT2D eigenvalue weighted by molar-refractivity contribution is 9.11. The van der Waals surface area contributed by atoms with Gasteiger partial charge in [-0.3, -0.25) is 14.4 Å². The number of rotatable bonds is 4. The predicted molar refractivity (Wildman–Crippen MR) is 127 cm³/mol. The third-order valence-electron chi connectivity index (χ3n) is 5.54. The molecule has 174 valence electrons. The molecule has 2 aliphatic rings. The topological polar surface area (TPSA) is 108 Å². The number of ether oxygens (including phenoxy) is 1. The molecule has 0 radical (unpaired) electrons. The average molecular weight is 535 g/mol. The van der Waals surface area contributed by atoms with Crippen molar-refractivity contribution in [2.75, 3.05) is 31.1 Å². The maximum Gasteiger partial charge on any atom is 0.413 e. The van der Waals surface area contributed by atoms with Gasteiger partial charge in [-0.15, -0.1) is 0 Å². The second-order valence-electron chi connectivity index (χ2n) is 7.89. The molecule has 1 atom stereocenters. The van der Waals surface area contributed by atoms with E-state index in [0.717, 1.165) is 9.35 Å². The Labute approximate surface area is 203 Å². The van der Waals surface area contributed by atoms with Gasteiger partial charge in [-0.05, 0) is 58.7 Å². The van der Waals surface area contributed by atoms with E-state index in [-0.39, 0.29) is 36.6 Å². The van der Waals surface area contributed by atoms with Crippen molar-refractivity contribution in [1.82, 2.24) is 15.5 Å². The molecule has 1 aromatic carbocycles. The van der Waals surface area contributed by atoms with Gasteiger partial charge in [-0.25, -0.2) is 4.79 Å². The van der Waals surface area contributed by atoms with E-state index in [1.54, 1.807) is 40.1 Å². The lowest BCUT2D eigenvalue weighted by molar-refractivity contribution is -0.120. The summed E-state index contributed by atoms with van der Waals surface area (Å²) in [7, 11) is 0. The molecule has 2 N–H and O–H groups in total. The van der Waals surface area contributed by atoms with Crippen molar-refractivity contribution >= 4 is 56.8 Å². The van der Waals surface area contributed by atoms with Gasteiger partial charge >= 0.3 is 6.09 Å². The molecule has 4 rings (SSSR count). The van der Waals surface area contributed by atoms with Crippen LogP contribution in [0.15, 0.2) is 34.1 Å². The smallest absolute Gasteiger partial charge is 0.399 e. The highest BCUT2D eigenvalue weighted by Gasteiger charge is 2.32. The van der Waals surface area contributed by atoms with Crippen LogP contribution in [0.4, 0.5) is 10.5 Å². The molecule has 0 bridgehead atoms. The van der Waals surface area contributed by atoms with Crippen LogP contribution in [0.3, 0.4) is 0 Å². The summed E-state index contributed by atoms with van der Waals surface area (Å²) >= 11 is 4.61. The number of carbonyl (C=O) groups is 4. The van der Waals surface area contributed by atoms with Crippen molar-refractivity contribution in [3.63, 3.8) is 0 Å². The summed E-state index contributed by atoms with van der Waals surface area (Å²) in [6.07, 6.45) is -0.157.